The number of fused-ring (bicyclic) bond motifs is 2. The van der Waals surface area contributed by atoms with Gasteiger partial charge in [-0.2, -0.15) is 12.1 Å². The normalized spacial score (nSPS) is 12.3. The molecule has 1 aliphatic heterocycles. The van der Waals surface area contributed by atoms with E-state index in [1.165, 1.54) is 48.5 Å². The standard InChI is InChI=1S/C34H25N2O14S3.4Na.O3S/c37-25(38)11-6-14-51(43,44)18-12-13-21(23(15-18)52(45,46)47)35-22-16-24(53(48,49)50)30-28-26(19-9-4-5-10-20(19)32(40)27(22)28)29(34(42)36-30)33(41)31(39)17-7-2-1-3-8-17;;;;;1-4(2)3/h1-5,7-10,12,15-16,31,35,39,41H,6,11,14H2,(H,37,38)(H,45,46,47)(H,48,49,50);;;;;/q-1;4*+1;/p-3. The molecule has 0 saturated heterocycles. The first-order chi connectivity index (χ1) is 26.5. The number of carbonyl (C=O) groups is 1. The van der Waals surface area contributed by atoms with Crippen LogP contribution in [0.25, 0.3) is 27.4 Å². The molecule has 0 amide bonds. The van der Waals surface area contributed by atoms with Crippen molar-refractivity contribution in [2.24, 2.45) is 0 Å². The van der Waals surface area contributed by atoms with E-state index in [2.05, 4.69) is 16.4 Å². The number of benzene rings is 4. The molecule has 1 heterocycles. The second-order valence-electron chi connectivity index (χ2n) is 11.9. The number of hydrogen-bond donors (Lipinski definition) is 3. The predicted molar refractivity (Wildman–Crippen MR) is 191 cm³/mol. The van der Waals surface area contributed by atoms with Gasteiger partial charge in [0.1, 0.15) is 31.8 Å². The molecule has 0 spiro atoms. The summed E-state index contributed by atoms with van der Waals surface area (Å²) in [5.41, 5.74) is -4.27. The molecule has 4 aromatic carbocycles. The van der Waals surface area contributed by atoms with Crippen LogP contribution in [0.2, 0.25) is 0 Å². The van der Waals surface area contributed by atoms with Crippen molar-refractivity contribution in [3.63, 3.8) is 0 Å². The molecular formula is C34H22N2Na4O17S4. The Hall–Kier alpha value is -1.95. The molecule has 0 saturated carbocycles. The molecule has 0 aromatic heterocycles. The number of rotatable bonds is 11. The van der Waals surface area contributed by atoms with Crippen molar-refractivity contribution in [2.75, 3.05) is 11.1 Å². The topological polar surface area (TPSA) is 339 Å². The molecule has 0 bridgehead atoms. The maximum atomic E-state index is 14.2. The molecule has 298 valence electrons. The number of carbonyl (C=O) groups excluding carboxylic acids is 1. The number of aliphatic hydroxyl groups is 2. The van der Waals surface area contributed by atoms with Crippen molar-refractivity contribution in [1.29, 1.82) is 0 Å². The number of nitrogens with one attached hydrogen (secondary N) is 1. The minimum Gasteiger partial charge on any atom is -0.754 e. The van der Waals surface area contributed by atoms with Crippen LogP contribution in [-0.4, -0.2) is 73.9 Å². The second kappa shape index (κ2) is 22.8. The summed E-state index contributed by atoms with van der Waals surface area (Å²) in [5.74, 6) is -3.27. The molecule has 0 fully saturated rings. The molecular weight excluding hydrogens is 929 g/mol. The van der Waals surface area contributed by atoms with Crippen LogP contribution < -0.4 is 145 Å². The molecule has 19 nitrogen and oxygen atoms in total. The van der Waals surface area contributed by atoms with Gasteiger partial charge in [-0.15, -0.1) is 18.7 Å². The number of aliphatic hydroxyl groups excluding tert-OH is 2. The predicted octanol–water partition coefficient (Wildman–Crippen LogP) is -12.9. The molecule has 27 heteroatoms. The molecule has 1 unspecified atom stereocenters. The molecule has 3 N–H and O–H groups in total. The van der Waals surface area contributed by atoms with Crippen LogP contribution in [0.15, 0.2) is 97.1 Å². The van der Waals surface area contributed by atoms with Gasteiger partial charge in [0.25, 0.3) is 5.56 Å². The third-order valence-corrected chi connectivity index (χ3v) is 11.8. The Balaban J connectivity index is 0.00000223. The van der Waals surface area contributed by atoms with Gasteiger partial charge in [0.2, 0.25) is 0 Å². The fraction of sp³-hybridized carbons (Fsp3) is 0.118. The maximum absolute atomic E-state index is 14.2. The van der Waals surface area contributed by atoms with Crippen LogP contribution in [-0.2, 0) is 45.5 Å². The average Bonchev–Trinajstić information content (AvgIpc) is 3.12. The summed E-state index contributed by atoms with van der Waals surface area (Å²) in [7, 11) is -18.7. The summed E-state index contributed by atoms with van der Waals surface area (Å²) < 4.78 is 126. The van der Waals surface area contributed by atoms with E-state index in [1.54, 1.807) is 6.07 Å². The zero-order chi connectivity index (χ0) is 42.2. The SMILES string of the molecule is O=C([O-])CCCS(=O)(=O)c1c[c-]c(Nc2cc(S(=O)(=O)[O-])c3nc(=O)c(=C(O)C(O)c4ccccc4)c4c5ccccc5c(=O)c2c3=4)c(S(=O)(=O)[O-])c1.O=S(=O)=O.[Na+].[Na+].[Na+].[Na+]. The third-order valence-electron chi connectivity index (χ3n) is 8.32. The van der Waals surface area contributed by atoms with Gasteiger partial charge in [-0.25, -0.2) is 21.8 Å². The number of carboxylic acids is 1. The van der Waals surface area contributed by atoms with E-state index in [9.17, 15) is 64.1 Å². The van der Waals surface area contributed by atoms with Crippen LogP contribution in [0, 0.1) is 16.5 Å². The van der Waals surface area contributed by atoms with Crippen LogP contribution in [0.4, 0.5) is 11.4 Å². The van der Waals surface area contributed by atoms with Crippen LogP contribution in [0.5, 0.6) is 0 Å². The Morgan fingerprint density at radius 1 is 0.820 bits per heavy atom. The Labute approximate surface area is 435 Å². The first-order valence-electron chi connectivity index (χ1n) is 15.6. The van der Waals surface area contributed by atoms with Gasteiger partial charge in [-0.05, 0) is 39.6 Å². The number of aliphatic carboxylic acids is 1. The van der Waals surface area contributed by atoms with Crippen molar-refractivity contribution in [3.8, 4) is 0 Å². The van der Waals surface area contributed by atoms with Crippen molar-refractivity contribution < 1.29 is 185 Å². The van der Waals surface area contributed by atoms with Gasteiger partial charge >= 0.3 is 129 Å². The van der Waals surface area contributed by atoms with E-state index in [0.717, 1.165) is 6.07 Å². The Bertz CT molecular complexity index is 3330. The van der Waals surface area contributed by atoms with E-state index >= 15 is 0 Å². The Kier molecular flexibility index (Phi) is 21.3. The molecule has 1 aliphatic carbocycles. The van der Waals surface area contributed by atoms with Crippen molar-refractivity contribution >= 4 is 85.5 Å². The van der Waals surface area contributed by atoms with Gasteiger partial charge < -0.3 is 34.5 Å². The van der Waals surface area contributed by atoms with Gasteiger partial charge in [0.05, 0.1) is 36.8 Å². The van der Waals surface area contributed by atoms with Gasteiger partial charge in [-0.1, -0.05) is 60.3 Å². The average molecular weight is 951 g/mol. The van der Waals surface area contributed by atoms with E-state index in [0.29, 0.717) is 12.1 Å². The second-order valence-corrected chi connectivity index (χ2v) is 17.1. The van der Waals surface area contributed by atoms with Crippen LogP contribution in [0.1, 0.15) is 24.5 Å². The van der Waals surface area contributed by atoms with E-state index in [1.807, 2.05) is 0 Å². The molecule has 0 radical (unpaired) electrons. The number of hydrogen-bond acceptors (Lipinski definition) is 19. The largest absolute Gasteiger partial charge is 1.00 e. The Morgan fingerprint density at radius 2 is 1.36 bits per heavy atom. The van der Waals surface area contributed by atoms with Crippen LogP contribution in [0.3, 0.4) is 0 Å². The smallest absolute Gasteiger partial charge is 0.754 e. The fourth-order valence-electron chi connectivity index (χ4n) is 5.98. The number of nitrogens with zero attached hydrogens (tertiary/aromatic N) is 1. The van der Waals surface area contributed by atoms with Crippen molar-refractivity contribution in [2.45, 2.75) is 33.6 Å². The zero-order valence-corrected chi connectivity index (χ0v) is 43.5. The van der Waals surface area contributed by atoms with E-state index in [4.69, 9.17) is 12.6 Å². The molecule has 4 aromatic rings. The first-order valence-corrected chi connectivity index (χ1v) is 21.1. The first kappa shape index (κ1) is 57.1. The molecule has 1 atom stereocenters. The van der Waals surface area contributed by atoms with E-state index < -0.39 is 135 Å². The summed E-state index contributed by atoms with van der Waals surface area (Å²) in [4.78, 5) is 39.2. The van der Waals surface area contributed by atoms with Crippen molar-refractivity contribution in [1.82, 2.24) is 4.98 Å². The van der Waals surface area contributed by atoms with Crippen molar-refractivity contribution in [3.05, 3.63) is 121 Å². The zero-order valence-electron chi connectivity index (χ0n) is 32.2. The molecule has 6 rings (SSSR count). The number of sulfone groups is 1. The number of carboxylic acid groups (broad SMARTS) is 1. The minimum atomic E-state index is -5.58. The maximum Gasteiger partial charge on any atom is 1.00 e. The van der Waals surface area contributed by atoms with E-state index in [-0.39, 0.29) is 140 Å². The minimum absolute atomic E-state index is 0. The summed E-state index contributed by atoms with van der Waals surface area (Å²) in [6.45, 7) is 0. The quantitative estimate of drug-likeness (QED) is 0.0617. The summed E-state index contributed by atoms with van der Waals surface area (Å²) >= 11 is 0. The Morgan fingerprint density at radius 3 is 1.90 bits per heavy atom. The molecule has 61 heavy (non-hydrogen) atoms. The molecule has 2 aliphatic rings. The summed E-state index contributed by atoms with van der Waals surface area (Å²) in [6.07, 6.45) is -2.90. The third kappa shape index (κ3) is 12.9. The van der Waals surface area contributed by atoms with Gasteiger partial charge in [0.15, 0.2) is 5.43 Å². The van der Waals surface area contributed by atoms with Gasteiger partial charge in [-0.3, -0.25) is 18.0 Å². The number of anilines is 2. The van der Waals surface area contributed by atoms with Gasteiger partial charge in [0, 0.05) is 27.5 Å². The summed E-state index contributed by atoms with van der Waals surface area (Å²) in [5, 5.41) is 33.5. The number of aromatic nitrogens is 1. The summed E-state index contributed by atoms with van der Waals surface area (Å²) in [6, 6.07) is 17.2. The van der Waals surface area contributed by atoms with Crippen LogP contribution >= 0.6 is 0 Å². The monoisotopic (exact) mass is 950 g/mol. The fourth-order valence-corrected chi connectivity index (χ4v) is 8.63.